The normalized spacial score (nSPS) is 10.7. The van der Waals surface area contributed by atoms with Crippen molar-refractivity contribution >= 4 is 33.2 Å². The molecule has 6 nitrogen and oxygen atoms in total. The number of carbonyl (C=O) groups is 1. The zero-order valence-corrected chi connectivity index (χ0v) is 13.1. The number of benzene rings is 1. The number of hydrogen-bond donors (Lipinski definition) is 1. The molecule has 2 aromatic heterocycles. The molecule has 0 fully saturated rings. The molecule has 2 N–H and O–H groups in total. The van der Waals surface area contributed by atoms with E-state index in [0.29, 0.717) is 0 Å². The SMILES string of the molecule is COC(=O)c1nc(-c2cc3sccc3cc2F)nc(N)c1OC. The van der Waals surface area contributed by atoms with Crippen molar-refractivity contribution in [2.45, 2.75) is 0 Å². The number of ether oxygens (including phenoxy) is 2. The van der Waals surface area contributed by atoms with Crippen LogP contribution in [0.3, 0.4) is 0 Å². The van der Waals surface area contributed by atoms with Gasteiger partial charge in [-0.2, -0.15) is 0 Å². The smallest absolute Gasteiger partial charge is 0.360 e. The predicted octanol–water partition coefficient (Wildman–Crippen LogP) is 2.87. The molecule has 0 bridgehead atoms. The quantitative estimate of drug-likeness (QED) is 0.742. The molecule has 3 aromatic rings. The summed E-state index contributed by atoms with van der Waals surface area (Å²) in [5, 5.41) is 2.64. The molecule has 0 aliphatic carbocycles. The van der Waals surface area contributed by atoms with Crippen molar-refractivity contribution in [1.29, 1.82) is 0 Å². The Morgan fingerprint density at radius 1 is 1.30 bits per heavy atom. The van der Waals surface area contributed by atoms with Crippen LogP contribution in [0.2, 0.25) is 0 Å². The third-order valence-electron chi connectivity index (χ3n) is 3.26. The van der Waals surface area contributed by atoms with E-state index >= 15 is 0 Å². The van der Waals surface area contributed by atoms with Crippen LogP contribution in [0.15, 0.2) is 23.6 Å². The fourth-order valence-corrected chi connectivity index (χ4v) is 2.99. The monoisotopic (exact) mass is 333 g/mol. The number of thiophene rings is 1. The highest BCUT2D eigenvalue weighted by atomic mass is 32.1. The second kappa shape index (κ2) is 5.81. The first-order chi connectivity index (χ1) is 11.0. The Bertz CT molecular complexity index is 910. The van der Waals surface area contributed by atoms with E-state index in [-0.39, 0.29) is 28.6 Å². The van der Waals surface area contributed by atoms with Gasteiger partial charge in [0.2, 0.25) is 0 Å². The molecule has 0 aliphatic rings. The molecule has 0 saturated heterocycles. The molecule has 2 heterocycles. The van der Waals surface area contributed by atoms with E-state index in [1.807, 2.05) is 11.4 Å². The third kappa shape index (κ3) is 2.57. The molecular formula is C15H12FN3O3S. The van der Waals surface area contributed by atoms with Crippen molar-refractivity contribution in [2.24, 2.45) is 0 Å². The number of halogens is 1. The van der Waals surface area contributed by atoms with Crippen LogP contribution in [-0.4, -0.2) is 30.2 Å². The van der Waals surface area contributed by atoms with Gasteiger partial charge in [0, 0.05) is 4.70 Å². The minimum absolute atomic E-state index is 0.00166. The molecule has 0 unspecified atom stereocenters. The summed E-state index contributed by atoms with van der Waals surface area (Å²) in [6, 6.07) is 4.83. The maximum absolute atomic E-state index is 14.3. The number of carbonyl (C=O) groups excluding carboxylic acids is 1. The Hall–Kier alpha value is -2.74. The highest BCUT2D eigenvalue weighted by Gasteiger charge is 2.22. The Labute approximate surface area is 134 Å². The molecule has 0 aliphatic heterocycles. The molecule has 118 valence electrons. The van der Waals surface area contributed by atoms with Gasteiger partial charge in [0.05, 0.1) is 19.8 Å². The molecular weight excluding hydrogens is 321 g/mol. The molecule has 0 radical (unpaired) electrons. The van der Waals surface area contributed by atoms with E-state index < -0.39 is 11.8 Å². The van der Waals surface area contributed by atoms with Crippen molar-refractivity contribution in [3.63, 3.8) is 0 Å². The number of anilines is 1. The van der Waals surface area contributed by atoms with E-state index in [9.17, 15) is 9.18 Å². The number of nitrogens with zero attached hydrogens (tertiary/aromatic N) is 2. The second-order valence-electron chi connectivity index (χ2n) is 4.60. The molecule has 3 rings (SSSR count). The number of methoxy groups -OCH3 is 2. The lowest BCUT2D eigenvalue weighted by Crippen LogP contribution is -2.12. The number of nitrogens with two attached hydrogens (primary N) is 1. The van der Waals surface area contributed by atoms with Crippen LogP contribution < -0.4 is 10.5 Å². The molecule has 0 atom stereocenters. The lowest BCUT2D eigenvalue weighted by Gasteiger charge is -2.11. The van der Waals surface area contributed by atoms with Gasteiger partial charge in [-0.05, 0) is 29.0 Å². The topological polar surface area (TPSA) is 87.3 Å². The highest BCUT2D eigenvalue weighted by molar-refractivity contribution is 7.17. The van der Waals surface area contributed by atoms with Crippen LogP contribution in [0, 0.1) is 5.82 Å². The van der Waals surface area contributed by atoms with Gasteiger partial charge < -0.3 is 15.2 Å². The van der Waals surface area contributed by atoms with Gasteiger partial charge in [-0.15, -0.1) is 11.3 Å². The van der Waals surface area contributed by atoms with E-state index in [0.717, 1.165) is 10.1 Å². The molecule has 8 heteroatoms. The fourth-order valence-electron chi connectivity index (χ4n) is 2.18. The number of esters is 1. The van der Waals surface area contributed by atoms with Crippen molar-refractivity contribution in [3.05, 3.63) is 35.1 Å². The first-order valence-corrected chi connectivity index (χ1v) is 7.40. The van der Waals surface area contributed by atoms with Gasteiger partial charge in [0.25, 0.3) is 0 Å². The van der Waals surface area contributed by atoms with Crippen molar-refractivity contribution in [2.75, 3.05) is 20.0 Å². The number of rotatable bonds is 3. The summed E-state index contributed by atoms with van der Waals surface area (Å²) in [6.45, 7) is 0. The van der Waals surface area contributed by atoms with Crippen LogP contribution in [0.25, 0.3) is 21.5 Å². The lowest BCUT2D eigenvalue weighted by atomic mass is 10.1. The van der Waals surface area contributed by atoms with E-state index in [4.69, 9.17) is 10.5 Å². The fraction of sp³-hybridized carbons (Fsp3) is 0.133. The summed E-state index contributed by atoms with van der Waals surface area (Å²) in [5.74, 6) is -1.32. The Morgan fingerprint density at radius 2 is 2.09 bits per heavy atom. The maximum Gasteiger partial charge on any atom is 0.360 e. The highest BCUT2D eigenvalue weighted by Crippen LogP contribution is 2.32. The third-order valence-corrected chi connectivity index (χ3v) is 4.14. The van der Waals surface area contributed by atoms with E-state index in [1.165, 1.54) is 31.6 Å². The molecule has 0 saturated carbocycles. The summed E-state index contributed by atoms with van der Waals surface area (Å²) in [4.78, 5) is 20.0. The molecule has 1 aromatic carbocycles. The minimum atomic E-state index is -0.741. The van der Waals surface area contributed by atoms with Crippen LogP contribution in [0.1, 0.15) is 10.5 Å². The zero-order chi connectivity index (χ0) is 16.6. The summed E-state index contributed by atoms with van der Waals surface area (Å²) in [5.41, 5.74) is 5.80. The zero-order valence-electron chi connectivity index (χ0n) is 12.3. The van der Waals surface area contributed by atoms with Crippen LogP contribution in [0.4, 0.5) is 10.2 Å². The lowest BCUT2D eigenvalue weighted by molar-refractivity contribution is 0.0590. The van der Waals surface area contributed by atoms with Crippen molar-refractivity contribution in [3.8, 4) is 17.1 Å². The van der Waals surface area contributed by atoms with Gasteiger partial charge in [0.15, 0.2) is 23.1 Å². The predicted molar refractivity (Wildman–Crippen MR) is 85.1 cm³/mol. The Kier molecular flexibility index (Phi) is 3.83. The summed E-state index contributed by atoms with van der Waals surface area (Å²) < 4.78 is 24.9. The second-order valence-corrected chi connectivity index (χ2v) is 5.54. The van der Waals surface area contributed by atoms with Crippen molar-refractivity contribution in [1.82, 2.24) is 9.97 Å². The molecule has 23 heavy (non-hydrogen) atoms. The number of aromatic nitrogens is 2. The Balaban J connectivity index is 2.24. The molecule has 0 spiro atoms. The van der Waals surface area contributed by atoms with Crippen LogP contribution in [0.5, 0.6) is 5.75 Å². The first-order valence-electron chi connectivity index (χ1n) is 6.52. The van der Waals surface area contributed by atoms with Gasteiger partial charge in [0.1, 0.15) is 5.82 Å². The van der Waals surface area contributed by atoms with E-state index in [2.05, 4.69) is 14.7 Å². The molecule has 0 amide bonds. The largest absolute Gasteiger partial charge is 0.491 e. The van der Waals surface area contributed by atoms with Crippen LogP contribution in [-0.2, 0) is 4.74 Å². The average Bonchev–Trinajstić information content (AvgIpc) is 2.99. The van der Waals surface area contributed by atoms with Gasteiger partial charge >= 0.3 is 5.97 Å². The van der Waals surface area contributed by atoms with E-state index in [1.54, 1.807) is 6.07 Å². The Morgan fingerprint density at radius 3 is 2.78 bits per heavy atom. The summed E-state index contributed by atoms with van der Waals surface area (Å²) in [7, 11) is 2.54. The van der Waals surface area contributed by atoms with Crippen LogP contribution >= 0.6 is 11.3 Å². The summed E-state index contributed by atoms with van der Waals surface area (Å²) >= 11 is 1.46. The van der Waals surface area contributed by atoms with Gasteiger partial charge in [-0.3, -0.25) is 0 Å². The van der Waals surface area contributed by atoms with Gasteiger partial charge in [-0.1, -0.05) is 0 Å². The number of nitrogen functional groups attached to an aromatic ring is 1. The number of hydrogen-bond acceptors (Lipinski definition) is 7. The summed E-state index contributed by atoms with van der Waals surface area (Å²) in [6.07, 6.45) is 0. The standard InChI is InChI=1S/C15H12FN3O3S/c1-21-12-11(15(20)22-2)18-14(19-13(12)17)8-6-10-7(3-4-23-10)5-9(8)16/h3-6H,1-2H3,(H2,17,18,19). The van der Waals surface area contributed by atoms with Gasteiger partial charge in [-0.25, -0.2) is 19.2 Å². The number of fused-ring (bicyclic) bond motifs is 1. The first kappa shape index (κ1) is 15.2. The minimum Gasteiger partial charge on any atom is -0.491 e. The average molecular weight is 333 g/mol. The maximum atomic E-state index is 14.3. The van der Waals surface area contributed by atoms with Crippen molar-refractivity contribution < 1.29 is 18.7 Å².